The lowest BCUT2D eigenvalue weighted by atomic mass is 9.99. The Morgan fingerprint density at radius 3 is 2.68 bits per heavy atom. The molecular formula is C22H26Cl2N2O2. The van der Waals surface area contributed by atoms with E-state index in [0.717, 1.165) is 24.6 Å². The molecule has 0 saturated carbocycles. The van der Waals surface area contributed by atoms with Crippen LogP contribution in [0.4, 0.5) is 5.69 Å². The van der Waals surface area contributed by atoms with Crippen molar-refractivity contribution in [3.05, 3.63) is 58.1 Å². The summed E-state index contributed by atoms with van der Waals surface area (Å²) in [6.45, 7) is 6.38. The van der Waals surface area contributed by atoms with Crippen LogP contribution >= 0.6 is 23.2 Å². The summed E-state index contributed by atoms with van der Waals surface area (Å²) in [5.74, 6) is 0.974. The zero-order chi connectivity index (χ0) is 20.1. The van der Waals surface area contributed by atoms with Gasteiger partial charge in [0, 0.05) is 23.8 Å². The molecule has 2 aromatic carbocycles. The van der Waals surface area contributed by atoms with E-state index in [1.807, 2.05) is 6.92 Å². The van der Waals surface area contributed by atoms with Crippen molar-refractivity contribution in [1.29, 1.82) is 0 Å². The Labute approximate surface area is 176 Å². The second kappa shape index (κ2) is 9.53. The van der Waals surface area contributed by atoms with Gasteiger partial charge in [-0.15, -0.1) is 0 Å². The van der Waals surface area contributed by atoms with E-state index in [-0.39, 0.29) is 18.6 Å². The van der Waals surface area contributed by atoms with Gasteiger partial charge in [0.1, 0.15) is 5.75 Å². The first-order chi connectivity index (χ1) is 13.4. The molecule has 2 atom stereocenters. The number of anilines is 1. The van der Waals surface area contributed by atoms with Gasteiger partial charge in [-0.05, 0) is 61.6 Å². The molecule has 6 heteroatoms. The molecule has 0 aromatic heterocycles. The zero-order valence-electron chi connectivity index (χ0n) is 16.3. The van der Waals surface area contributed by atoms with Crippen molar-refractivity contribution in [3.8, 4) is 5.75 Å². The third-order valence-corrected chi connectivity index (χ3v) is 5.58. The molecule has 28 heavy (non-hydrogen) atoms. The van der Waals surface area contributed by atoms with Gasteiger partial charge in [-0.2, -0.15) is 0 Å². The standard InChI is InChI=1S/C22H26Cl2N2O2/c1-15-4-3-11-26(13-15)19-8-5-17(6-9-19)16(2)25-22(27)14-28-21-10-7-18(23)12-20(21)24/h5-10,12,15-16H,3-4,11,13-14H2,1-2H3,(H,25,27). The summed E-state index contributed by atoms with van der Waals surface area (Å²) < 4.78 is 5.49. The second-order valence-corrected chi connectivity index (χ2v) is 8.28. The maximum absolute atomic E-state index is 12.2. The van der Waals surface area contributed by atoms with E-state index < -0.39 is 0 Å². The molecule has 1 N–H and O–H groups in total. The number of halogens is 2. The topological polar surface area (TPSA) is 41.6 Å². The number of benzene rings is 2. The highest BCUT2D eigenvalue weighted by atomic mass is 35.5. The van der Waals surface area contributed by atoms with E-state index in [9.17, 15) is 4.79 Å². The smallest absolute Gasteiger partial charge is 0.258 e. The quantitative estimate of drug-likeness (QED) is 0.671. The van der Waals surface area contributed by atoms with Crippen molar-refractivity contribution in [1.82, 2.24) is 5.32 Å². The van der Waals surface area contributed by atoms with Gasteiger partial charge < -0.3 is 15.0 Å². The molecule has 1 heterocycles. The fourth-order valence-electron chi connectivity index (χ4n) is 3.50. The van der Waals surface area contributed by atoms with Crippen molar-refractivity contribution < 1.29 is 9.53 Å². The van der Waals surface area contributed by atoms with Crippen LogP contribution in [0, 0.1) is 5.92 Å². The number of rotatable bonds is 6. The summed E-state index contributed by atoms with van der Waals surface area (Å²) in [5, 5.41) is 3.87. The van der Waals surface area contributed by atoms with E-state index in [1.165, 1.54) is 18.5 Å². The van der Waals surface area contributed by atoms with Gasteiger partial charge in [0.05, 0.1) is 11.1 Å². The molecule has 1 aliphatic heterocycles. The molecular weight excluding hydrogens is 395 g/mol. The largest absolute Gasteiger partial charge is 0.482 e. The lowest BCUT2D eigenvalue weighted by molar-refractivity contribution is -0.123. The lowest BCUT2D eigenvalue weighted by Gasteiger charge is -2.33. The number of hydrogen-bond donors (Lipinski definition) is 1. The van der Waals surface area contributed by atoms with Crippen molar-refractivity contribution in [3.63, 3.8) is 0 Å². The predicted octanol–water partition coefficient (Wildman–Crippen LogP) is 5.49. The lowest BCUT2D eigenvalue weighted by Crippen LogP contribution is -2.34. The van der Waals surface area contributed by atoms with Gasteiger partial charge in [0.25, 0.3) is 5.91 Å². The fraction of sp³-hybridized carbons (Fsp3) is 0.409. The van der Waals surface area contributed by atoms with Gasteiger partial charge in [0.15, 0.2) is 6.61 Å². The Kier molecular flexibility index (Phi) is 7.08. The highest BCUT2D eigenvalue weighted by Crippen LogP contribution is 2.27. The minimum atomic E-state index is -0.201. The number of nitrogens with one attached hydrogen (secondary N) is 1. The van der Waals surface area contributed by atoms with Gasteiger partial charge in [-0.25, -0.2) is 0 Å². The number of hydrogen-bond acceptors (Lipinski definition) is 3. The van der Waals surface area contributed by atoms with Crippen LogP contribution in [-0.4, -0.2) is 25.6 Å². The second-order valence-electron chi connectivity index (χ2n) is 7.44. The van der Waals surface area contributed by atoms with Gasteiger partial charge in [-0.1, -0.05) is 42.3 Å². The number of amides is 1. The van der Waals surface area contributed by atoms with Crippen molar-refractivity contribution in [2.24, 2.45) is 5.92 Å². The predicted molar refractivity (Wildman–Crippen MR) is 116 cm³/mol. The highest BCUT2D eigenvalue weighted by molar-refractivity contribution is 6.35. The monoisotopic (exact) mass is 420 g/mol. The highest BCUT2D eigenvalue weighted by Gasteiger charge is 2.17. The summed E-state index contributed by atoms with van der Waals surface area (Å²) >= 11 is 11.9. The van der Waals surface area contributed by atoms with E-state index in [4.69, 9.17) is 27.9 Å². The van der Waals surface area contributed by atoms with Crippen LogP contribution in [0.1, 0.15) is 38.3 Å². The van der Waals surface area contributed by atoms with Crippen LogP contribution in [0.3, 0.4) is 0 Å². The number of nitrogens with zero attached hydrogens (tertiary/aromatic N) is 1. The summed E-state index contributed by atoms with van der Waals surface area (Å²) in [6.07, 6.45) is 2.55. The molecule has 1 amide bonds. The molecule has 1 fully saturated rings. The van der Waals surface area contributed by atoms with Crippen LogP contribution in [-0.2, 0) is 4.79 Å². The summed E-state index contributed by atoms with van der Waals surface area (Å²) in [4.78, 5) is 14.7. The van der Waals surface area contributed by atoms with Crippen LogP contribution in [0.5, 0.6) is 5.75 Å². The Hall–Kier alpha value is -1.91. The maximum atomic E-state index is 12.2. The molecule has 1 saturated heterocycles. The third-order valence-electron chi connectivity index (χ3n) is 5.05. The maximum Gasteiger partial charge on any atom is 0.258 e. The molecule has 2 unspecified atom stereocenters. The molecule has 150 valence electrons. The Bertz CT molecular complexity index is 811. The van der Waals surface area contributed by atoms with Gasteiger partial charge in [-0.3, -0.25) is 4.79 Å². The minimum absolute atomic E-state index is 0.102. The Balaban J connectivity index is 1.52. The Morgan fingerprint density at radius 1 is 1.25 bits per heavy atom. The Morgan fingerprint density at radius 2 is 2.00 bits per heavy atom. The molecule has 4 nitrogen and oxygen atoms in total. The molecule has 2 aromatic rings. The number of ether oxygens (including phenoxy) is 1. The van der Waals surface area contributed by atoms with Crippen molar-refractivity contribution >= 4 is 34.8 Å². The SMILES string of the molecule is CC1CCCN(c2ccc(C(C)NC(=O)COc3ccc(Cl)cc3Cl)cc2)C1. The minimum Gasteiger partial charge on any atom is -0.482 e. The number of piperidine rings is 1. The average Bonchev–Trinajstić information content (AvgIpc) is 2.67. The van der Waals surface area contributed by atoms with E-state index in [1.54, 1.807) is 18.2 Å². The molecule has 0 radical (unpaired) electrons. The molecule has 0 aliphatic carbocycles. The molecule has 0 bridgehead atoms. The van der Waals surface area contributed by atoms with E-state index in [0.29, 0.717) is 15.8 Å². The first-order valence-corrected chi connectivity index (χ1v) is 10.4. The third kappa shape index (κ3) is 5.55. The van der Waals surface area contributed by atoms with E-state index in [2.05, 4.69) is 41.4 Å². The molecule has 0 spiro atoms. The van der Waals surface area contributed by atoms with Crippen LogP contribution in [0.25, 0.3) is 0 Å². The zero-order valence-corrected chi connectivity index (χ0v) is 17.8. The summed E-state index contributed by atoms with van der Waals surface area (Å²) in [5.41, 5.74) is 2.31. The average molecular weight is 421 g/mol. The van der Waals surface area contributed by atoms with Crippen LogP contribution < -0.4 is 15.0 Å². The van der Waals surface area contributed by atoms with Crippen LogP contribution in [0.15, 0.2) is 42.5 Å². The summed E-state index contributed by atoms with van der Waals surface area (Å²) in [7, 11) is 0. The first kappa shape index (κ1) is 20.8. The molecule has 3 rings (SSSR count). The fourth-order valence-corrected chi connectivity index (χ4v) is 3.96. The van der Waals surface area contributed by atoms with E-state index >= 15 is 0 Å². The van der Waals surface area contributed by atoms with Gasteiger partial charge >= 0.3 is 0 Å². The normalized spacial score (nSPS) is 17.9. The first-order valence-electron chi connectivity index (χ1n) is 9.64. The molecule has 1 aliphatic rings. The van der Waals surface area contributed by atoms with Crippen molar-refractivity contribution in [2.45, 2.75) is 32.7 Å². The van der Waals surface area contributed by atoms with Crippen molar-refractivity contribution in [2.75, 3.05) is 24.6 Å². The number of carbonyl (C=O) groups excluding carboxylic acids is 1. The number of carbonyl (C=O) groups is 1. The summed E-state index contributed by atoms with van der Waals surface area (Å²) in [6, 6.07) is 13.2. The van der Waals surface area contributed by atoms with Crippen LogP contribution in [0.2, 0.25) is 10.0 Å². The van der Waals surface area contributed by atoms with Gasteiger partial charge in [0.2, 0.25) is 0 Å².